The SMILES string of the molecule is O=C(Nc1c(-c2ccc(F)cc2)nc2sccn12)N1CC[C@H](N2CCCC2)C1. The van der Waals surface area contributed by atoms with Gasteiger partial charge in [0.05, 0.1) is 0 Å². The number of aromatic nitrogens is 2. The van der Waals surface area contributed by atoms with Crippen LogP contribution in [0, 0.1) is 5.82 Å². The van der Waals surface area contributed by atoms with Gasteiger partial charge < -0.3 is 4.90 Å². The molecule has 0 aliphatic carbocycles. The third kappa shape index (κ3) is 3.16. The highest BCUT2D eigenvalue weighted by molar-refractivity contribution is 7.15. The second kappa shape index (κ2) is 7.18. The Hall–Kier alpha value is -2.45. The average Bonchev–Trinajstić information content (AvgIpc) is 3.47. The van der Waals surface area contributed by atoms with E-state index in [1.54, 1.807) is 12.1 Å². The molecule has 2 amide bonds. The molecule has 5 rings (SSSR count). The first-order chi connectivity index (χ1) is 13.7. The number of fused-ring (bicyclic) bond motifs is 1. The number of imidazole rings is 1. The minimum atomic E-state index is -0.291. The van der Waals surface area contributed by atoms with Crippen molar-refractivity contribution in [2.45, 2.75) is 25.3 Å². The molecular formula is C20H22FN5OS. The van der Waals surface area contributed by atoms with Gasteiger partial charge in [-0.15, -0.1) is 11.3 Å². The van der Waals surface area contributed by atoms with Crippen LogP contribution in [0.4, 0.5) is 15.0 Å². The van der Waals surface area contributed by atoms with E-state index in [-0.39, 0.29) is 11.8 Å². The zero-order chi connectivity index (χ0) is 19.1. The first-order valence-electron chi connectivity index (χ1n) is 9.70. The lowest BCUT2D eigenvalue weighted by Crippen LogP contribution is -2.38. The Kier molecular flexibility index (Phi) is 4.52. The van der Waals surface area contributed by atoms with Gasteiger partial charge in [-0.3, -0.25) is 14.6 Å². The minimum Gasteiger partial charge on any atom is -0.323 e. The quantitative estimate of drug-likeness (QED) is 0.727. The van der Waals surface area contributed by atoms with Crippen molar-refractivity contribution in [2.24, 2.45) is 0 Å². The van der Waals surface area contributed by atoms with Crippen molar-refractivity contribution < 1.29 is 9.18 Å². The van der Waals surface area contributed by atoms with Crippen LogP contribution in [0.3, 0.4) is 0 Å². The Labute approximate surface area is 166 Å². The molecule has 2 saturated heterocycles. The van der Waals surface area contributed by atoms with Crippen LogP contribution in [0.2, 0.25) is 0 Å². The van der Waals surface area contributed by atoms with Gasteiger partial charge in [-0.05, 0) is 56.6 Å². The number of anilines is 1. The van der Waals surface area contributed by atoms with Gasteiger partial charge in [0.15, 0.2) is 4.96 Å². The fourth-order valence-electron chi connectivity index (χ4n) is 4.23. The molecule has 8 heteroatoms. The number of halogens is 1. The van der Waals surface area contributed by atoms with Crippen LogP contribution in [0.15, 0.2) is 35.8 Å². The zero-order valence-corrected chi connectivity index (χ0v) is 16.3. The summed E-state index contributed by atoms with van der Waals surface area (Å²) in [4.78, 5) is 22.8. The van der Waals surface area contributed by atoms with Crippen LogP contribution in [0.5, 0.6) is 0 Å². The average molecular weight is 399 g/mol. The molecule has 6 nitrogen and oxygen atoms in total. The van der Waals surface area contributed by atoms with Crippen molar-refractivity contribution in [3.63, 3.8) is 0 Å². The highest BCUT2D eigenvalue weighted by Gasteiger charge is 2.32. The lowest BCUT2D eigenvalue weighted by atomic mass is 10.1. The molecule has 0 spiro atoms. The van der Waals surface area contributed by atoms with Crippen LogP contribution < -0.4 is 5.32 Å². The monoisotopic (exact) mass is 399 g/mol. The van der Waals surface area contributed by atoms with Crippen molar-refractivity contribution in [1.29, 1.82) is 0 Å². The van der Waals surface area contributed by atoms with Crippen molar-refractivity contribution >= 4 is 28.1 Å². The summed E-state index contributed by atoms with van der Waals surface area (Å²) in [5, 5.41) is 5.00. The Morgan fingerprint density at radius 3 is 2.75 bits per heavy atom. The van der Waals surface area contributed by atoms with Gasteiger partial charge in [-0.25, -0.2) is 14.2 Å². The largest absolute Gasteiger partial charge is 0.323 e. The van der Waals surface area contributed by atoms with Gasteiger partial charge in [-0.2, -0.15) is 0 Å². The number of carbonyl (C=O) groups is 1. The highest BCUT2D eigenvalue weighted by Crippen LogP contribution is 2.31. The summed E-state index contributed by atoms with van der Waals surface area (Å²) in [5.41, 5.74) is 1.44. The van der Waals surface area contributed by atoms with Gasteiger partial charge in [0.1, 0.15) is 17.3 Å². The molecule has 2 aliphatic heterocycles. The number of nitrogens with zero attached hydrogens (tertiary/aromatic N) is 4. The molecule has 0 unspecified atom stereocenters. The third-order valence-corrected chi connectivity index (χ3v) is 6.47. The van der Waals surface area contributed by atoms with E-state index < -0.39 is 0 Å². The smallest absolute Gasteiger partial charge is 0.323 e. The van der Waals surface area contributed by atoms with Gasteiger partial charge in [0.2, 0.25) is 0 Å². The van der Waals surface area contributed by atoms with Crippen molar-refractivity contribution in [2.75, 3.05) is 31.5 Å². The van der Waals surface area contributed by atoms with Gasteiger partial charge in [0.25, 0.3) is 0 Å². The molecule has 0 radical (unpaired) electrons. The van der Waals surface area contributed by atoms with Crippen molar-refractivity contribution in [3.05, 3.63) is 41.7 Å². The molecule has 2 aliphatic rings. The van der Waals surface area contributed by atoms with Crippen LogP contribution in [-0.2, 0) is 0 Å². The molecular weight excluding hydrogens is 377 g/mol. The number of carbonyl (C=O) groups excluding carboxylic acids is 1. The number of nitrogens with one attached hydrogen (secondary N) is 1. The number of hydrogen-bond acceptors (Lipinski definition) is 4. The molecule has 28 heavy (non-hydrogen) atoms. The summed E-state index contributed by atoms with van der Waals surface area (Å²) >= 11 is 1.50. The standard InChI is InChI=1S/C20H22FN5OS/c21-15-5-3-14(4-6-15)17-18(26-11-12-28-20(26)22-17)23-19(27)25-10-7-16(13-25)24-8-1-2-9-24/h3-6,11-12,16H,1-2,7-10,13H2,(H,23,27)/t16-/m0/s1. The fourth-order valence-corrected chi connectivity index (χ4v) is 4.94. The molecule has 1 aromatic carbocycles. The van der Waals surface area contributed by atoms with E-state index in [1.807, 2.05) is 20.9 Å². The molecule has 0 bridgehead atoms. The number of urea groups is 1. The van der Waals surface area contributed by atoms with Crippen LogP contribution >= 0.6 is 11.3 Å². The van der Waals surface area contributed by atoms with Crippen molar-refractivity contribution in [1.82, 2.24) is 19.2 Å². The molecule has 146 valence electrons. The summed E-state index contributed by atoms with van der Waals surface area (Å²) in [6, 6.07) is 6.58. The number of rotatable bonds is 3. The second-order valence-electron chi connectivity index (χ2n) is 7.43. The Bertz CT molecular complexity index is 992. The number of amides is 2. The lowest BCUT2D eigenvalue weighted by Gasteiger charge is -2.23. The van der Waals surface area contributed by atoms with E-state index in [0.717, 1.165) is 43.1 Å². The van der Waals surface area contributed by atoms with E-state index in [1.165, 1.54) is 36.3 Å². The van der Waals surface area contributed by atoms with E-state index in [2.05, 4.69) is 15.2 Å². The maximum Gasteiger partial charge on any atom is 0.323 e. The number of thiazole rings is 1. The minimum absolute atomic E-state index is 0.0990. The summed E-state index contributed by atoms with van der Waals surface area (Å²) < 4.78 is 15.2. The second-order valence-corrected chi connectivity index (χ2v) is 8.31. The topological polar surface area (TPSA) is 52.9 Å². The van der Waals surface area contributed by atoms with Crippen LogP contribution in [-0.4, -0.2) is 57.4 Å². The van der Waals surface area contributed by atoms with Gasteiger partial charge in [-0.1, -0.05) is 0 Å². The number of benzene rings is 1. The normalized spacial score (nSPS) is 20.3. The first kappa shape index (κ1) is 17.6. The van der Waals surface area contributed by atoms with Crippen LogP contribution in [0.1, 0.15) is 19.3 Å². The molecule has 4 heterocycles. The predicted molar refractivity (Wildman–Crippen MR) is 108 cm³/mol. The third-order valence-electron chi connectivity index (χ3n) is 5.71. The van der Waals surface area contributed by atoms with E-state index >= 15 is 0 Å². The van der Waals surface area contributed by atoms with Crippen LogP contribution in [0.25, 0.3) is 16.2 Å². The van der Waals surface area contributed by atoms with E-state index in [4.69, 9.17) is 0 Å². The summed E-state index contributed by atoms with van der Waals surface area (Å²) in [7, 11) is 0. The number of hydrogen-bond donors (Lipinski definition) is 1. The van der Waals surface area contributed by atoms with Gasteiger partial charge >= 0.3 is 6.03 Å². The maximum absolute atomic E-state index is 13.3. The first-order valence-corrected chi connectivity index (χ1v) is 10.6. The molecule has 2 aromatic heterocycles. The molecule has 2 fully saturated rings. The van der Waals surface area contributed by atoms with Gasteiger partial charge in [0, 0.05) is 36.3 Å². The predicted octanol–water partition coefficient (Wildman–Crippen LogP) is 3.90. The molecule has 3 aromatic rings. The molecule has 1 atom stereocenters. The Morgan fingerprint density at radius 1 is 1.18 bits per heavy atom. The maximum atomic E-state index is 13.3. The highest BCUT2D eigenvalue weighted by atomic mass is 32.1. The number of likely N-dealkylation sites (tertiary alicyclic amines) is 2. The van der Waals surface area contributed by atoms with E-state index in [0.29, 0.717) is 17.6 Å². The summed E-state index contributed by atoms with van der Waals surface area (Å²) in [6.45, 7) is 3.83. The van der Waals surface area contributed by atoms with E-state index in [9.17, 15) is 9.18 Å². The lowest BCUT2D eigenvalue weighted by molar-refractivity contribution is 0.210. The summed E-state index contributed by atoms with van der Waals surface area (Å²) in [5.74, 6) is 0.345. The fraction of sp³-hybridized carbons (Fsp3) is 0.400. The molecule has 0 saturated carbocycles. The Morgan fingerprint density at radius 2 is 1.96 bits per heavy atom. The summed E-state index contributed by atoms with van der Waals surface area (Å²) in [6.07, 6.45) is 5.44. The van der Waals surface area contributed by atoms with Crippen molar-refractivity contribution in [3.8, 4) is 11.3 Å². The Balaban J connectivity index is 1.38. The molecule has 1 N–H and O–H groups in total. The zero-order valence-electron chi connectivity index (χ0n) is 15.5.